The van der Waals surface area contributed by atoms with Gasteiger partial charge >= 0.3 is 5.97 Å². The second-order valence-corrected chi connectivity index (χ2v) is 5.54. The zero-order chi connectivity index (χ0) is 17.5. The van der Waals surface area contributed by atoms with Crippen LogP contribution in [0, 0.1) is 11.8 Å². The van der Waals surface area contributed by atoms with Crippen molar-refractivity contribution in [1.82, 2.24) is 0 Å². The Morgan fingerprint density at radius 1 is 1.20 bits per heavy atom. The van der Waals surface area contributed by atoms with Crippen LogP contribution in [0.2, 0.25) is 5.02 Å². The van der Waals surface area contributed by atoms with Gasteiger partial charge in [0.15, 0.2) is 18.1 Å². The Bertz CT molecular complexity index is 847. The molecule has 1 aliphatic heterocycles. The topological polar surface area (TPSA) is 44.8 Å². The quantitative estimate of drug-likeness (QED) is 0.479. The third-order valence-electron chi connectivity index (χ3n) is 3.32. The number of hydrogen-bond acceptors (Lipinski definition) is 4. The second-order valence-electron chi connectivity index (χ2n) is 5.14. The molecule has 3 rings (SSSR count). The van der Waals surface area contributed by atoms with Crippen LogP contribution in [0.4, 0.5) is 0 Å². The lowest BCUT2D eigenvalue weighted by Gasteiger charge is -2.19. The fraction of sp³-hybridized carbons (Fsp3) is 0.150. The minimum atomic E-state index is -0.478. The van der Waals surface area contributed by atoms with Gasteiger partial charge < -0.3 is 14.2 Å². The lowest BCUT2D eigenvalue weighted by molar-refractivity contribution is -0.136. The van der Waals surface area contributed by atoms with Crippen molar-refractivity contribution in [3.63, 3.8) is 0 Å². The van der Waals surface area contributed by atoms with Gasteiger partial charge in [-0.1, -0.05) is 41.6 Å². The van der Waals surface area contributed by atoms with Gasteiger partial charge in [-0.2, -0.15) is 0 Å². The number of rotatable bonds is 3. The van der Waals surface area contributed by atoms with Crippen molar-refractivity contribution in [2.75, 3.05) is 19.8 Å². The summed E-state index contributed by atoms with van der Waals surface area (Å²) in [7, 11) is 0. The summed E-state index contributed by atoms with van der Waals surface area (Å²) >= 11 is 6.15. The van der Waals surface area contributed by atoms with Crippen molar-refractivity contribution in [1.29, 1.82) is 0 Å². The van der Waals surface area contributed by atoms with Crippen molar-refractivity contribution < 1.29 is 19.0 Å². The van der Waals surface area contributed by atoms with Crippen LogP contribution in [0.25, 0.3) is 6.08 Å². The van der Waals surface area contributed by atoms with Crippen molar-refractivity contribution in [2.24, 2.45) is 0 Å². The highest BCUT2D eigenvalue weighted by atomic mass is 35.5. The molecule has 1 aliphatic rings. The van der Waals surface area contributed by atoms with Crippen LogP contribution in [-0.4, -0.2) is 25.8 Å². The van der Waals surface area contributed by atoms with Crippen LogP contribution >= 0.6 is 11.6 Å². The van der Waals surface area contributed by atoms with Gasteiger partial charge in [-0.05, 0) is 35.9 Å². The molecule has 1 heterocycles. The molecule has 0 aromatic heterocycles. The number of esters is 1. The smallest absolute Gasteiger partial charge is 0.331 e. The predicted molar refractivity (Wildman–Crippen MR) is 95.8 cm³/mol. The van der Waals surface area contributed by atoms with E-state index in [-0.39, 0.29) is 6.61 Å². The highest BCUT2D eigenvalue weighted by Gasteiger charge is 2.15. The van der Waals surface area contributed by atoms with Crippen molar-refractivity contribution in [3.05, 3.63) is 64.7 Å². The maximum Gasteiger partial charge on any atom is 0.331 e. The molecule has 25 heavy (non-hydrogen) atoms. The summed E-state index contributed by atoms with van der Waals surface area (Å²) in [4.78, 5) is 11.7. The van der Waals surface area contributed by atoms with E-state index >= 15 is 0 Å². The molecular weight excluding hydrogens is 340 g/mol. The molecule has 0 amide bonds. The van der Waals surface area contributed by atoms with E-state index in [0.29, 0.717) is 29.7 Å². The summed E-state index contributed by atoms with van der Waals surface area (Å²) in [6.07, 6.45) is 2.93. The lowest BCUT2D eigenvalue weighted by atomic mass is 10.2. The average molecular weight is 355 g/mol. The Kier molecular flexibility index (Phi) is 5.61. The molecule has 0 spiro atoms. The predicted octanol–water partition coefficient (Wildman–Crippen LogP) is 3.72. The van der Waals surface area contributed by atoms with Gasteiger partial charge in [0.25, 0.3) is 0 Å². The van der Waals surface area contributed by atoms with E-state index in [4.69, 9.17) is 25.8 Å². The number of halogens is 1. The molecule has 126 valence electrons. The van der Waals surface area contributed by atoms with E-state index in [2.05, 4.69) is 11.8 Å². The van der Waals surface area contributed by atoms with E-state index in [9.17, 15) is 4.79 Å². The number of carbonyl (C=O) groups is 1. The largest absolute Gasteiger partial charge is 0.486 e. The van der Waals surface area contributed by atoms with E-state index < -0.39 is 5.97 Å². The second kappa shape index (κ2) is 8.27. The van der Waals surface area contributed by atoms with Gasteiger partial charge in [0.05, 0.1) is 5.02 Å². The van der Waals surface area contributed by atoms with E-state index in [1.165, 1.54) is 6.08 Å². The molecule has 2 aromatic carbocycles. The highest BCUT2D eigenvalue weighted by Crippen LogP contribution is 2.38. The van der Waals surface area contributed by atoms with Crippen LogP contribution < -0.4 is 9.47 Å². The number of hydrogen-bond donors (Lipinski definition) is 0. The number of fused-ring (bicyclic) bond motifs is 1. The Labute approximate surface area is 151 Å². The molecule has 0 saturated carbocycles. The van der Waals surface area contributed by atoms with Crippen LogP contribution in [0.15, 0.2) is 48.5 Å². The first-order chi connectivity index (χ1) is 12.2. The first kappa shape index (κ1) is 16.9. The molecule has 5 heteroatoms. The van der Waals surface area contributed by atoms with E-state index in [1.54, 1.807) is 18.2 Å². The molecule has 0 unspecified atom stereocenters. The maximum atomic E-state index is 11.7. The van der Waals surface area contributed by atoms with Crippen LogP contribution in [0.5, 0.6) is 11.5 Å². The van der Waals surface area contributed by atoms with Crippen molar-refractivity contribution >= 4 is 23.6 Å². The first-order valence-corrected chi connectivity index (χ1v) is 8.08. The van der Waals surface area contributed by atoms with Gasteiger partial charge in [-0.25, -0.2) is 4.79 Å². The summed E-state index contributed by atoms with van der Waals surface area (Å²) in [5.41, 5.74) is 1.60. The molecule has 0 atom stereocenters. The fourth-order valence-electron chi connectivity index (χ4n) is 2.21. The molecule has 4 nitrogen and oxygen atoms in total. The Morgan fingerprint density at radius 3 is 2.84 bits per heavy atom. The zero-order valence-corrected chi connectivity index (χ0v) is 14.1. The van der Waals surface area contributed by atoms with Gasteiger partial charge in [0.2, 0.25) is 0 Å². The third kappa shape index (κ3) is 4.79. The molecule has 0 saturated heterocycles. The molecule has 0 radical (unpaired) electrons. The van der Waals surface area contributed by atoms with Crippen molar-refractivity contribution in [3.8, 4) is 23.3 Å². The Morgan fingerprint density at radius 2 is 2.00 bits per heavy atom. The molecule has 0 fully saturated rings. The maximum absolute atomic E-state index is 11.7. The normalized spacial score (nSPS) is 12.4. The number of ether oxygens (including phenoxy) is 3. The van der Waals surface area contributed by atoms with Gasteiger partial charge in [0, 0.05) is 11.6 Å². The average Bonchev–Trinajstić information content (AvgIpc) is 2.64. The van der Waals surface area contributed by atoms with E-state index in [1.807, 2.05) is 30.3 Å². The minimum absolute atomic E-state index is 0.0277. The number of carbonyl (C=O) groups excluding carboxylic acids is 1. The van der Waals surface area contributed by atoms with Crippen LogP contribution in [0.3, 0.4) is 0 Å². The van der Waals surface area contributed by atoms with Gasteiger partial charge in [0.1, 0.15) is 13.2 Å². The standard InChI is InChI=1S/C20H15ClO4/c21-17-13-16(14-18-20(17)25-12-11-23-18)8-9-19(22)24-10-4-7-15-5-2-1-3-6-15/h1-3,5-6,8-9,13-14H,10-12H2/b9-8+. The molecule has 0 aliphatic carbocycles. The molecule has 0 N–H and O–H groups in total. The zero-order valence-electron chi connectivity index (χ0n) is 13.3. The summed E-state index contributed by atoms with van der Waals surface area (Å²) in [6.45, 7) is 0.969. The molecular formula is C20H15ClO4. The first-order valence-electron chi connectivity index (χ1n) is 7.70. The summed E-state index contributed by atoms with van der Waals surface area (Å²) in [5, 5.41) is 0.443. The summed E-state index contributed by atoms with van der Waals surface area (Å²) in [5.74, 6) is 6.34. The summed E-state index contributed by atoms with van der Waals surface area (Å²) in [6, 6.07) is 13.0. The summed E-state index contributed by atoms with van der Waals surface area (Å²) < 4.78 is 16.0. The molecule has 0 bridgehead atoms. The third-order valence-corrected chi connectivity index (χ3v) is 3.60. The molecule has 2 aromatic rings. The minimum Gasteiger partial charge on any atom is -0.486 e. The SMILES string of the molecule is O=C(/C=C/c1cc(Cl)c2c(c1)OCCO2)OCC#Cc1ccccc1. The fourth-order valence-corrected chi connectivity index (χ4v) is 2.48. The van der Waals surface area contributed by atoms with E-state index in [0.717, 1.165) is 11.1 Å². The highest BCUT2D eigenvalue weighted by molar-refractivity contribution is 6.32. The lowest BCUT2D eigenvalue weighted by Crippen LogP contribution is -2.15. The van der Waals surface area contributed by atoms with Crippen LogP contribution in [0.1, 0.15) is 11.1 Å². The van der Waals surface area contributed by atoms with Crippen molar-refractivity contribution in [2.45, 2.75) is 0 Å². The van der Waals surface area contributed by atoms with Gasteiger partial charge in [-0.15, -0.1) is 0 Å². The van der Waals surface area contributed by atoms with Gasteiger partial charge in [-0.3, -0.25) is 0 Å². The monoisotopic (exact) mass is 354 g/mol. The number of benzene rings is 2. The Hall–Kier alpha value is -2.90. The Balaban J connectivity index is 1.56. The van der Waals surface area contributed by atoms with Crippen LogP contribution in [-0.2, 0) is 9.53 Å².